The Morgan fingerprint density at radius 2 is 2.29 bits per heavy atom. The van der Waals surface area contributed by atoms with Crippen LogP contribution >= 0.6 is 0 Å². The van der Waals surface area contributed by atoms with Crippen LogP contribution in [0.2, 0.25) is 0 Å². The SMILES string of the molecule is CC(C)NC(CN(C)Cc1nccn1C)(C(N)=O)C1CC1. The second-order valence-corrected chi connectivity index (χ2v) is 6.54. The quantitative estimate of drug-likeness (QED) is 0.731. The minimum Gasteiger partial charge on any atom is -0.368 e. The molecule has 6 heteroatoms. The lowest BCUT2D eigenvalue weighted by Gasteiger charge is -2.37. The topological polar surface area (TPSA) is 76.2 Å². The van der Waals surface area contributed by atoms with Gasteiger partial charge in [-0.3, -0.25) is 15.0 Å². The number of aromatic nitrogens is 2. The van der Waals surface area contributed by atoms with E-state index in [4.69, 9.17) is 5.73 Å². The van der Waals surface area contributed by atoms with Gasteiger partial charge in [-0.25, -0.2) is 4.98 Å². The molecule has 21 heavy (non-hydrogen) atoms. The minimum absolute atomic E-state index is 0.222. The number of nitrogens with two attached hydrogens (primary N) is 1. The highest BCUT2D eigenvalue weighted by molar-refractivity contribution is 5.86. The smallest absolute Gasteiger partial charge is 0.239 e. The monoisotopic (exact) mass is 293 g/mol. The Bertz CT molecular complexity index is 494. The third kappa shape index (κ3) is 3.63. The number of hydrogen-bond donors (Lipinski definition) is 2. The average Bonchev–Trinajstić information content (AvgIpc) is 3.14. The van der Waals surface area contributed by atoms with Gasteiger partial charge in [0.1, 0.15) is 11.4 Å². The lowest BCUT2D eigenvalue weighted by molar-refractivity contribution is -0.126. The van der Waals surface area contributed by atoms with E-state index < -0.39 is 5.54 Å². The van der Waals surface area contributed by atoms with Crippen molar-refractivity contribution in [2.24, 2.45) is 18.7 Å². The van der Waals surface area contributed by atoms with Crippen molar-refractivity contribution in [2.75, 3.05) is 13.6 Å². The Labute approximate surface area is 126 Å². The first-order valence-corrected chi connectivity index (χ1v) is 7.57. The molecule has 0 saturated heterocycles. The number of nitrogens with one attached hydrogen (secondary N) is 1. The van der Waals surface area contributed by atoms with E-state index in [0.29, 0.717) is 19.0 Å². The van der Waals surface area contributed by atoms with Gasteiger partial charge >= 0.3 is 0 Å². The molecule has 1 unspecified atom stereocenters. The first kappa shape index (κ1) is 16.0. The number of amides is 1. The highest BCUT2D eigenvalue weighted by atomic mass is 16.1. The molecule has 0 radical (unpaired) electrons. The summed E-state index contributed by atoms with van der Waals surface area (Å²) in [6, 6.07) is 0.222. The maximum absolute atomic E-state index is 12.2. The molecule has 1 aliphatic carbocycles. The van der Waals surface area contributed by atoms with Crippen LogP contribution in [0.25, 0.3) is 0 Å². The standard InChI is InChI=1S/C15H27N5O/c1-11(2)18-15(14(16)21,12-5-6-12)10-19(3)9-13-17-7-8-20(13)4/h7-8,11-12,18H,5-6,9-10H2,1-4H3,(H2,16,21). The highest BCUT2D eigenvalue weighted by Crippen LogP contribution is 2.40. The van der Waals surface area contributed by atoms with Crippen LogP contribution in [0, 0.1) is 5.92 Å². The summed E-state index contributed by atoms with van der Waals surface area (Å²) in [6.07, 6.45) is 5.85. The van der Waals surface area contributed by atoms with Crippen molar-refractivity contribution in [3.8, 4) is 0 Å². The Morgan fingerprint density at radius 1 is 1.62 bits per heavy atom. The predicted octanol–water partition coefficient (Wildman–Crippen LogP) is 0.484. The molecule has 1 aromatic rings. The maximum Gasteiger partial charge on any atom is 0.239 e. The van der Waals surface area contributed by atoms with E-state index in [1.165, 1.54) is 0 Å². The number of likely N-dealkylation sites (N-methyl/N-ethyl adjacent to an activating group) is 1. The molecule has 118 valence electrons. The van der Waals surface area contributed by atoms with Gasteiger partial charge in [0.25, 0.3) is 0 Å². The Morgan fingerprint density at radius 3 is 2.71 bits per heavy atom. The molecule has 1 fully saturated rings. The summed E-state index contributed by atoms with van der Waals surface area (Å²) >= 11 is 0. The zero-order chi connectivity index (χ0) is 15.6. The molecule has 0 aliphatic heterocycles. The second kappa shape index (κ2) is 6.15. The van der Waals surface area contributed by atoms with Gasteiger partial charge in [0.05, 0.1) is 6.54 Å². The van der Waals surface area contributed by atoms with E-state index in [1.807, 2.05) is 24.9 Å². The molecule has 1 atom stereocenters. The number of rotatable bonds is 8. The summed E-state index contributed by atoms with van der Waals surface area (Å²) in [4.78, 5) is 18.6. The van der Waals surface area contributed by atoms with Gasteiger partial charge in [0, 0.05) is 32.0 Å². The normalized spacial score (nSPS) is 18.2. The molecule has 6 nitrogen and oxygen atoms in total. The molecular formula is C15H27N5O. The Kier molecular flexibility index (Phi) is 4.68. The second-order valence-electron chi connectivity index (χ2n) is 6.54. The van der Waals surface area contributed by atoms with Crippen LogP contribution in [0.15, 0.2) is 12.4 Å². The van der Waals surface area contributed by atoms with Gasteiger partial charge in [-0.05, 0) is 39.7 Å². The van der Waals surface area contributed by atoms with Gasteiger partial charge in [-0.2, -0.15) is 0 Å². The third-order valence-electron chi connectivity index (χ3n) is 4.11. The summed E-state index contributed by atoms with van der Waals surface area (Å²) in [6.45, 7) is 5.42. The molecule has 2 rings (SSSR count). The lowest BCUT2D eigenvalue weighted by Crippen LogP contribution is -2.64. The van der Waals surface area contributed by atoms with Crippen molar-refractivity contribution >= 4 is 5.91 Å². The molecule has 0 spiro atoms. The summed E-state index contributed by atoms with van der Waals surface area (Å²) in [7, 11) is 3.99. The van der Waals surface area contributed by atoms with Crippen molar-refractivity contribution < 1.29 is 4.79 Å². The van der Waals surface area contributed by atoms with Crippen molar-refractivity contribution in [3.63, 3.8) is 0 Å². The van der Waals surface area contributed by atoms with E-state index in [1.54, 1.807) is 6.20 Å². The van der Waals surface area contributed by atoms with E-state index >= 15 is 0 Å². The molecule has 0 bridgehead atoms. The van der Waals surface area contributed by atoms with E-state index in [0.717, 1.165) is 18.7 Å². The molecule has 1 saturated carbocycles. The first-order valence-electron chi connectivity index (χ1n) is 7.57. The Hall–Kier alpha value is -1.40. The van der Waals surface area contributed by atoms with Gasteiger partial charge in [0.15, 0.2) is 0 Å². The van der Waals surface area contributed by atoms with E-state index in [-0.39, 0.29) is 11.9 Å². The number of primary amides is 1. The summed E-state index contributed by atoms with van der Waals surface area (Å²) < 4.78 is 2.00. The third-order valence-corrected chi connectivity index (χ3v) is 4.11. The zero-order valence-electron chi connectivity index (χ0n) is 13.5. The van der Waals surface area contributed by atoms with Crippen LogP contribution in [-0.4, -0.2) is 45.5 Å². The fourth-order valence-corrected chi connectivity index (χ4v) is 3.01. The van der Waals surface area contributed by atoms with Crippen LogP contribution in [0.4, 0.5) is 0 Å². The van der Waals surface area contributed by atoms with Crippen LogP contribution in [0.3, 0.4) is 0 Å². The molecule has 0 aromatic carbocycles. The molecule has 3 N–H and O–H groups in total. The number of nitrogens with zero attached hydrogens (tertiary/aromatic N) is 3. The van der Waals surface area contributed by atoms with Gasteiger partial charge in [0.2, 0.25) is 5.91 Å². The van der Waals surface area contributed by atoms with Crippen molar-refractivity contribution in [3.05, 3.63) is 18.2 Å². The number of hydrogen-bond acceptors (Lipinski definition) is 4. The van der Waals surface area contributed by atoms with Gasteiger partial charge in [-0.15, -0.1) is 0 Å². The van der Waals surface area contributed by atoms with Crippen molar-refractivity contribution in [1.29, 1.82) is 0 Å². The predicted molar refractivity (Wildman–Crippen MR) is 82.5 cm³/mol. The van der Waals surface area contributed by atoms with E-state index in [2.05, 4.69) is 29.0 Å². The highest BCUT2D eigenvalue weighted by Gasteiger charge is 2.50. The Balaban J connectivity index is 2.10. The molecule has 1 amide bonds. The molecule has 1 aromatic heterocycles. The first-order chi connectivity index (χ1) is 9.85. The van der Waals surface area contributed by atoms with Gasteiger partial charge < -0.3 is 10.3 Å². The summed E-state index contributed by atoms with van der Waals surface area (Å²) in [5, 5.41) is 3.44. The van der Waals surface area contributed by atoms with Crippen LogP contribution in [-0.2, 0) is 18.4 Å². The average molecular weight is 293 g/mol. The molecular weight excluding hydrogens is 266 g/mol. The maximum atomic E-state index is 12.2. The summed E-state index contributed by atoms with van der Waals surface area (Å²) in [5.74, 6) is 1.09. The zero-order valence-corrected chi connectivity index (χ0v) is 13.5. The van der Waals surface area contributed by atoms with Gasteiger partial charge in [-0.1, -0.05) is 0 Å². The lowest BCUT2D eigenvalue weighted by atomic mass is 9.90. The number of aryl methyl sites for hydroxylation is 1. The van der Waals surface area contributed by atoms with E-state index in [9.17, 15) is 4.79 Å². The fourth-order valence-electron chi connectivity index (χ4n) is 3.01. The minimum atomic E-state index is -0.631. The van der Waals surface area contributed by atoms with Crippen LogP contribution < -0.4 is 11.1 Å². The molecule has 1 aliphatic rings. The largest absolute Gasteiger partial charge is 0.368 e. The number of imidazole rings is 1. The fraction of sp³-hybridized carbons (Fsp3) is 0.733. The number of carbonyl (C=O) groups excluding carboxylic acids is 1. The van der Waals surface area contributed by atoms with Crippen LogP contribution in [0.5, 0.6) is 0 Å². The van der Waals surface area contributed by atoms with Crippen molar-refractivity contribution in [2.45, 2.75) is 44.8 Å². The molecule has 1 heterocycles. The van der Waals surface area contributed by atoms with Crippen LogP contribution in [0.1, 0.15) is 32.5 Å². The van der Waals surface area contributed by atoms with Crippen molar-refractivity contribution in [1.82, 2.24) is 19.8 Å². The summed E-state index contributed by atoms with van der Waals surface area (Å²) in [5.41, 5.74) is 5.13. The number of carbonyl (C=O) groups is 1.